The highest BCUT2D eigenvalue weighted by atomic mass is 16.5. The summed E-state index contributed by atoms with van der Waals surface area (Å²) in [5.41, 5.74) is 0. The number of carboxylic acid groups (broad SMARTS) is 1. The summed E-state index contributed by atoms with van der Waals surface area (Å²) < 4.78 is 5.38. The van der Waals surface area contributed by atoms with Crippen LogP contribution < -0.4 is 0 Å². The Morgan fingerprint density at radius 3 is 2.57 bits per heavy atom. The van der Waals surface area contributed by atoms with Crippen LogP contribution in [0.5, 0.6) is 0 Å². The van der Waals surface area contributed by atoms with E-state index < -0.39 is 5.97 Å². The SMILES string of the molecule is CC(C)COCCN(C)CCC(=O)O. The quantitative estimate of drug-likeness (QED) is 0.599. The van der Waals surface area contributed by atoms with Crippen LogP contribution in [0.3, 0.4) is 0 Å². The number of carboxylic acids is 1. The van der Waals surface area contributed by atoms with Gasteiger partial charge in [-0.25, -0.2) is 0 Å². The van der Waals surface area contributed by atoms with E-state index in [-0.39, 0.29) is 6.42 Å². The second-order valence-corrected chi connectivity index (χ2v) is 3.92. The molecule has 14 heavy (non-hydrogen) atoms. The van der Waals surface area contributed by atoms with E-state index in [0.717, 1.165) is 13.2 Å². The Bertz CT molecular complexity index is 159. The zero-order valence-corrected chi connectivity index (χ0v) is 9.32. The van der Waals surface area contributed by atoms with Crippen molar-refractivity contribution in [1.82, 2.24) is 4.90 Å². The maximum absolute atomic E-state index is 10.3. The molecule has 4 heteroatoms. The molecule has 0 aliphatic heterocycles. The molecule has 0 aromatic carbocycles. The van der Waals surface area contributed by atoms with Gasteiger partial charge in [0.15, 0.2) is 0 Å². The Kier molecular flexibility index (Phi) is 7.42. The smallest absolute Gasteiger partial charge is 0.304 e. The Morgan fingerprint density at radius 1 is 1.43 bits per heavy atom. The first-order chi connectivity index (χ1) is 6.52. The van der Waals surface area contributed by atoms with E-state index in [9.17, 15) is 4.79 Å². The van der Waals surface area contributed by atoms with Crippen molar-refractivity contribution >= 4 is 5.97 Å². The maximum atomic E-state index is 10.3. The van der Waals surface area contributed by atoms with Crippen LogP contribution in [0, 0.1) is 5.92 Å². The van der Waals surface area contributed by atoms with E-state index in [4.69, 9.17) is 9.84 Å². The lowest BCUT2D eigenvalue weighted by Crippen LogP contribution is -2.26. The molecule has 0 bridgehead atoms. The first-order valence-electron chi connectivity index (χ1n) is 5.00. The molecule has 0 fully saturated rings. The van der Waals surface area contributed by atoms with Gasteiger partial charge in [0.2, 0.25) is 0 Å². The molecule has 4 nitrogen and oxygen atoms in total. The summed E-state index contributed by atoms with van der Waals surface area (Å²) in [5.74, 6) is -0.195. The highest BCUT2D eigenvalue weighted by Gasteiger charge is 2.02. The fourth-order valence-corrected chi connectivity index (χ4v) is 0.938. The third-order valence-corrected chi connectivity index (χ3v) is 1.78. The molecule has 0 saturated carbocycles. The average molecular weight is 203 g/mol. The Balaban J connectivity index is 3.26. The molecular formula is C10H21NO3. The van der Waals surface area contributed by atoms with Gasteiger partial charge in [-0.05, 0) is 13.0 Å². The van der Waals surface area contributed by atoms with Crippen molar-refractivity contribution in [2.45, 2.75) is 20.3 Å². The largest absolute Gasteiger partial charge is 0.481 e. The normalized spacial score (nSPS) is 11.2. The highest BCUT2D eigenvalue weighted by Crippen LogP contribution is 1.93. The van der Waals surface area contributed by atoms with Gasteiger partial charge >= 0.3 is 5.97 Å². The lowest BCUT2D eigenvalue weighted by molar-refractivity contribution is -0.137. The zero-order valence-electron chi connectivity index (χ0n) is 9.32. The monoisotopic (exact) mass is 203 g/mol. The number of ether oxygens (including phenoxy) is 1. The molecule has 0 aromatic heterocycles. The Morgan fingerprint density at radius 2 is 2.07 bits per heavy atom. The molecular weight excluding hydrogens is 182 g/mol. The maximum Gasteiger partial charge on any atom is 0.304 e. The van der Waals surface area contributed by atoms with Gasteiger partial charge in [-0.3, -0.25) is 4.79 Å². The van der Waals surface area contributed by atoms with Gasteiger partial charge in [-0.2, -0.15) is 0 Å². The minimum absolute atomic E-state index is 0.195. The molecule has 84 valence electrons. The second kappa shape index (κ2) is 7.76. The first-order valence-corrected chi connectivity index (χ1v) is 5.00. The molecule has 0 atom stereocenters. The number of nitrogens with zero attached hydrogens (tertiary/aromatic N) is 1. The summed E-state index contributed by atoms with van der Waals surface area (Å²) in [7, 11) is 1.90. The molecule has 0 unspecified atom stereocenters. The van der Waals surface area contributed by atoms with Crippen LogP contribution in [0.2, 0.25) is 0 Å². The number of aliphatic carboxylic acids is 1. The molecule has 1 N–H and O–H groups in total. The first kappa shape index (κ1) is 13.4. The van der Waals surface area contributed by atoms with Gasteiger partial charge < -0.3 is 14.7 Å². The molecule has 0 heterocycles. The Labute approximate surface area is 85.9 Å². The van der Waals surface area contributed by atoms with Gasteiger partial charge in [0, 0.05) is 19.7 Å². The van der Waals surface area contributed by atoms with Gasteiger partial charge in [0.25, 0.3) is 0 Å². The van der Waals surface area contributed by atoms with E-state index >= 15 is 0 Å². The summed E-state index contributed by atoms with van der Waals surface area (Å²) in [6.07, 6.45) is 0.195. The Hall–Kier alpha value is -0.610. The van der Waals surface area contributed by atoms with Gasteiger partial charge in [-0.1, -0.05) is 13.8 Å². The molecule has 0 aromatic rings. The number of likely N-dealkylation sites (N-methyl/N-ethyl adjacent to an activating group) is 1. The minimum atomic E-state index is -0.750. The van der Waals surface area contributed by atoms with Crippen molar-refractivity contribution in [3.05, 3.63) is 0 Å². The van der Waals surface area contributed by atoms with Crippen LogP contribution in [-0.2, 0) is 9.53 Å². The lowest BCUT2D eigenvalue weighted by Gasteiger charge is -2.15. The van der Waals surface area contributed by atoms with Crippen LogP contribution in [0.15, 0.2) is 0 Å². The molecule has 0 rings (SSSR count). The molecule has 0 radical (unpaired) electrons. The zero-order chi connectivity index (χ0) is 11.0. The van der Waals surface area contributed by atoms with Crippen molar-refractivity contribution < 1.29 is 14.6 Å². The fraction of sp³-hybridized carbons (Fsp3) is 0.900. The van der Waals surface area contributed by atoms with Crippen molar-refractivity contribution in [3.63, 3.8) is 0 Å². The fourth-order valence-electron chi connectivity index (χ4n) is 0.938. The summed E-state index contributed by atoms with van der Waals surface area (Å²) >= 11 is 0. The topological polar surface area (TPSA) is 49.8 Å². The van der Waals surface area contributed by atoms with Gasteiger partial charge in [0.1, 0.15) is 0 Å². The van der Waals surface area contributed by atoms with E-state index in [1.165, 1.54) is 0 Å². The number of carbonyl (C=O) groups is 1. The highest BCUT2D eigenvalue weighted by molar-refractivity contribution is 5.66. The standard InChI is InChI=1S/C10H21NO3/c1-9(2)8-14-7-6-11(3)5-4-10(12)13/h9H,4-8H2,1-3H3,(H,12,13). The summed E-state index contributed by atoms with van der Waals surface area (Å²) in [6.45, 7) is 7.03. The lowest BCUT2D eigenvalue weighted by atomic mass is 10.2. The van der Waals surface area contributed by atoms with Crippen LogP contribution >= 0.6 is 0 Å². The summed E-state index contributed by atoms with van der Waals surface area (Å²) in [6, 6.07) is 0. The van der Waals surface area contributed by atoms with Gasteiger partial charge in [0.05, 0.1) is 13.0 Å². The van der Waals surface area contributed by atoms with Crippen molar-refractivity contribution in [3.8, 4) is 0 Å². The van der Waals surface area contributed by atoms with E-state index in [2.05, 4.69) is 13.8 Å². The predicted molar refractivity (Wildman–Crippen MR) is 55.4 cm³/mol. The third kappa shape index (κ3) is 9.48. The van der Waals surface area contributed by atoms with Crippen molar-refractivity contribution in [1.29, 1.82) is 0 Å². The molecule has 0 aliphatic rings. The molecule has 0 amide bonds. The number of hydrogen-bond acceptors (Lipinski definition) is 3. The summed E-state index contributed by atoms with van der Waals surface area (Å²) in [4.78, 5) is 12.2. The number of hydrogen-bond donors (Lipinski definition) is 1. The minimum Gasteiger partial charge on any atom is -0.481 e. The molecule has 0 aliphatic carbocycles. The van der Waals surface area contributed by atoms with E-state index in [1.807, 2.05) is 11.9 Å². The van der Waals surface area contributed by atoms with Crippen LogP contribution in [0.1, 0.15) is 20.3 Å². The second-order valence-electron chi connectivity index (χ2n) is 3.92. The molecule has 0 spiro atoms. The molecule has 0 saturated heterocycles. The van der Waals surface area contributed by atoms with Gasteiger partial charge in [-0.15, -0.1) is 0 Å². The summed E-state index contributed by atoms with van der Waals surface area (Å²) in [5, 5.41) is 8.45. The van der Waals surface area contributed by atoms with E-state index in [0.29, 0.717) is 19.1 Å². The van der Waals surface area contributed by atoms with E-state index in [1.54, 1.807) is 0 Å². The van der Waals surface area contributed by atoms with Crippen LogP contribution in [-0.4, -0.2) is 49.3 Å². The van der Waals surface area contributed by atoms with Crippen molar-refractivity contribution in [2.24, 2.45) is 5.92 Å². The third-order valence-electron chi connectivity index (χ3n) is 1.78. The average Bonchev–Trinajstić information content (AvgIpc) is 2.08. The number of rotatable bonds is 8. The van der Waals surface area contributed by atoms with Crippen molar-refractivity contribution in [2.75, 3.05) is 33.4 Å². The van der Waals surface area contributed by atoms with Crippen LogP contribution in [0.25, 0.3) is 0 Å². The van der Waals surface area contributed by atoms with Crippen LogP contribution in [0.4, 0.5) is 0 Å². The predicted octanol–water partition coefficient (Wildman–Crippen LogP) is 1.07.